The number of nitrogens with zero attached hydrogens (tertiary/aromatic N) is 1. The van der Waals surface area contributed by atoms with Crippen molar-refractivity contribution in [1.29, 1.82) is 0 Å². The lowest BCUT2D eigenvalue weighted by Crippen LogP contribution is -1.98. The van der Waals surface area contributed by atoms with Gasteiger partial charge < -0.3 is 15.3 Å². The van der Waals surface area contributed by atoms with Gasteiger partial charge in [-0.15, -0.1) is 0 Å². The van der Waals surface area contributed by atoms with E-state index < -0.39 is 24.9 Å². The highest BCUT2D eigenvalue weighted by Crippen LogP contribution is 2.22. The molecular formula is C7H8FNO3. The van der Waals surface area contributed by atoms with Crippen LogP contribution >= 0.6 is 0 Å². The van der Waals surface area contributed by atoms with Crippen molar-refractivity contribution < 1.29 is 19.7 Å². The maximum absolute atomic E-state index is 12.5. The lowest BCUT2D eigenvalue weighted by Gasteiger charge is -2.05. The monoisotopic (exact) mass is 173 g/mol. The fourth-order valence-electron chi connectivity index (χ4n) is 0.863. The van der Waals surface area contributed by atoms with Crippen LogP contribution in [-0.2, 0) is 13.2 Å². The molecular weight excluding hydrogens is 165 g/mol. The first-order chi connectivity index (χ1) is 5.70. The van der Waals surface area contributed by atoms with Crippen LogP contribution in [0.2, 0.25) is 0 Å². The van der Waals surface area contributed by atoms with Crippen LogP contribution in [0.1, 0.15) is 11.1 Å². The van der Waals surface area contributed by atoms with Gasteiger partial charge in [0, 0.05) is 17.3 Å². The maximum Gasteiger partial charge on any atom is 0.255 e. The van der Waals surface area contributed by atoms with E-state index >= 15 is 0 Å². The lowest BCUT2D eigenvalue weighted by atomic mass is 10.1. The summed E-state index contributed by atoms with van der Waals surface area (Å²) in [5.74, 6) is -1.75. The van der Waals surface area contributed by atoms with Gasteiger partial charge in [-0.25, -0.2) is 4.98 Å². The van der Waals surface area contributed by atoms with Crippen LogP contribution in [-0.4, -0.2) is 20.3 Å². The topological polar surface area (TPSA) is 73.6 Å². The van der Waals surface area contributed by atoms with Crippen molar-refractivity contribution in [2.75, 3.05) is 0 Å². The zero-order valence-electron chi connectivity index (χ0n) is 6.16. The third kappa shape index (κ3) is 1.37. The lowest BCUT2D eigenvalue weighted by molar-refractivity contribution is 0.251. The zero-order valence-corrected chi connectivity index (χ0v) is 6.16. The van der Waals surface area contributed by atoms with Gasteiger partial charge in [0.25, 0.3) is 5.95 Å². The van der Waals surface area contributed by atoms with Gasteiger partial charge in [0.2, 0.25) is 0 Å². The average molecular weight is 173 g/mol. The minimum atomic E-state index is -1.05. The van der Waals surface area contributed by atoms with Crippen LogP contribution in [0.3, 0.4) is 0 Å². The molecule has 1 heterocycles. The quantitative estimate of drug-likeness (QED) is 0.546. The Bertz CT molecular complexity index is 290. The summed E-state index contributed by atoms with van der Waals surface area (Å²) in [5, 5.41) is 26.4. The van der Waals surface area contributed by atoms with E-state index in [2.05, 4.69) is 4.98 Å². The first kappa shape index (κ1) is 8.89. The van der Waals surface area contributed by atoms with Gasteiger partial charge >= 0.3 is 0 Å². The Morgan fingerprint density at radius 3 is 2.50 bits per heavy atom. The molecule has 3 N–H and O–H groups in total. The third-order valence-corrected chi connectivity index (χ3v) is 1.53. The molecule has 4 nitrogen and oxygen atoms in total. The summed E-state index contributed by atoms with van der Waals surface area (Å²) in [6.07, 6.45) is 1.07. The summed E-state index contributed by atoms with van der Waals surface area (Å²) in [5.41, 5.74) is 0.196. The Balaban J connectivity index is 3.25. The van der Waals surface area contributed by atoms with E-state index in [1.165, 1.54) is 0 Å². The highest BCUT2D eigenvalue weighted by molar-refractivity contribution is 5.35. The Morgan fingerprint density at radius 1 is 1.33 bits per heavy atom. The first-order valence-electron chi connectivity index (χ1n) is 3.27. The number of aromatic hydroxyl groups is 1. The van der Waals surface area contributed by atoms with Crippen molar-refractivity contribution in [1.82, 2.24) is 4.98 Å². The second kappa shape index (κ2) is 3.46. The molecule has 0 bridgehead atoms. The van der Waals surface area contributed by atoms with E-state index in [0.29, 0.717) is 0 Å². The molecule has 0 spiro atoms. The summed E-state index contributed by atoms with van der Waals surface area (Å²) < 4.78 is 12.5. The van der Waals surface area contributed by atoms with Gasteiger partial charge in [0.15, 0.2) is 5.75 Å². The van der Waals surface area contributed by atoms with Crippen LogP contribution < -0.4 is 0 Å². The molecule has 0 unspecified atom stereocenters. The summed E-state index contributed by atoms with van der Waals surface area (Å²) in [6.45, 7) is -0.919. The molecule has 66 valence electrons. The molecule has 1 aromatic rings. The van der Waals surface area contributed by atoms with E-state index in [1.54, 1.807) is 0 Å². The second-order valence-corrected chi connectivity index (χ2v) is 2.22. The minimum absolute atomic E-state index is 0.0231. The fourth-order valence-corrected chi connectivity index (χ4v) is 0.863. The van der Waals surface area contributed by atoms with Crippen LogP contribution in [0.5, 0.6) is 5.75 Å². The predicted molar refractivity (Wildman–Crippen MR) is 37.7 cm³/mol. The highest BCUT2D eigenvalue weighted by atomic mass is 19.1. The summed E-state index contributed by atoms with van der Waals surface area (Å²) in [7, 11) is 0. The highest BCUT2D eigenvalue weighted by Gasteiger charge is 2.11. The number of rotatable bonds is 2. The largest absolute Gasteiger partial charge is 0.503 e. The normalized spacial score (nSPS) is 10.2. The summed E-state index contributed by atoms with van der Waals surface area (Å²) in [6, 6.07) is 0. The van der Waals surface area contributed by atoms with Crippen molar-refractivity contribution in [3.05, 3.63) is 23.3 Å². The molecule has 0 radical (unpaired) electrons. The van der Waals surface area contributed by atoms with E-state index in [-0.39, 0.29) is 11.1 Å². The molecule has 0 fully saturated rings. The number of aromatic nitrogens is 1. The van der Waals surface area contributed by atoms with Crippen LogP contribution in [0.15, 0.2) is 6.20 Å². The van der Waals surface area contributed by atoms with Crippen molar-refractivity contribution in [2.24, 2.45) is 0 Å². The molecule has 0 aliphatic heterocycles. The Labute approximate surface area is 67.9 Å². The molecule has 5 heteroatoms. The average Bonchev–Trinajstić information content (AvgIpc) is 2.09. The number of aliphatic hydroxyl groups is 2. The van der Waals surface area contributed by atoms with Crippen molar-refractivity contribution in [2.45, 2.75) is 13.2 Å². The second-order valence-electron chi connectivity index (χ2n) is 2.22. The van der Waals surface area contributed by atoms with E-state index in [0.717, 1.165) is 6.20 Å². The molecule has 0 atom stereocenters. The molecule has 0 amide bonds. The van der Waals surface area contributed by atoms with Gasteiger partial charge in [0.1, 0.15) is 0 Å². The number of hydrogen-bond donors (Lipinski definition) is 3. The van der Waals surface area contributed by atoms with Gasteiger partial charge in [-0.3, -0.25) is 0 Å². The SMILES string of the molecule is OCc1cnc(F)c(O)c1CO. The standard InChI is InChI=1S/C7H8FNO3/c8-7-6(12)5(3-11)4(2-10)1-9-7/h1,10-12H,2-3H2. The van der Waals surface area contributed by atoms with Crippen molar-refractivity contribution in [3.63, 3.8) is 0 Å². The smallest absolute Gasteiger partial charge is 0.255 e. The fraction of sp³-hybridized carbons (Fsp3) is 0.286. The summed E-state index contributed by atoms with van der Waals surface area (Å²) in [4.78, 5) is 3.17. The number of hydrogen-bond acceptors (Lipinski definition) is 4. The van der Waals surface area contributed by atoms with E-state index in [4.69, 9.17) is 15.3 Å². The van der Waals surface area contributed by atoms with Crippen molar-refractivity contribution >= 4 is 0 Å². The van der Waals surface area contributed by atoms with Crippen LogP contribution in [0, 0.1) is 5.95 Å². The molecule has 12 heavy (non-hydrogen) atoms. The van der Waals surface area contributed by atoms with Gasteiger partial charge in [-0.2, -0.15) is 4.39 Å². The number of aliphatic hydroxyl groups excluding tert-OH is 2. The van der Waals surface area contributed by atoms with Crippen LogP contribution in [0.25, 0.3) is 0 Å². The van der Waals surface area contributed by atoms with Gasteiger partial charge in [-0.1, -0.05) is 0 Å². The Morgan fingerprint density at radius 2 is 2.00 bits per heavy atom. The van der Waals surface area contributed by atoms with E-state index in [1.807, 2.05) is 0 Å². The van der Waals surface area contributed by atoms with Gasteiger partial charge in [-0.05, 0) is 0 Å². The number of halogens is 1. The maximum atomic E-state index is 12.5. The van der Waals surface area contributed by atoms with Gasteiger partial charge in [0.05, 0.1) is 13.2 Å². The molecule has 0 aliphatic rings. The minimum Gasteiger partial charge on any atom is -0.503 e. The molecule has 0 saturated heterocycles. The molecule has 1 aromatic heterocycles. The zero-order chi connectivity index (χ0) is 9.14. The molecule has 0 aliphatic carbocycles. The molecule has 0 aromatic carbocycles. The Hall–Kier alpha value is -1.20. The predicted octanol–water partition coefficient (Wildman–Crippen LogP) is -0.0891. The molecule has 1 rings (SSSR count). The van der Waals surface area contributed by atoms with Crippen molar-refractivity contribution in [3.8, 4) is 5.75 Å². The third-order valence-electron chi connectivity index (χ3n) is 1.53. The Kier molecular flexibility index (Phi) is 2.57. The van der Waals surface area contributed by atoms with Crippen LogP contribution in [0.4, 0.5) is 4.39 Å². The molecule has 0 saturated carbocycles. The number of pyridine rings is 1. The first-order valence-corrected chi connectivity index (χ1v) is 3.27. The summed E-state index contributed by atoms with van der Waals surface area (Å²) >= 11 is 0. The van der Waals surface area contributed by atoms with E-state index in [9.17, 15) is 4.39 Å².